The van der Waals surface area contributed by atoms with Gasteiger partial charge in [0.05, 0.1) is 12.5 Å². The van der Waals surface area contributed by atoms with Gasteiger partial charge in [0.25, 0.3) is 0 Å². The third-order valence-electron chi connectivity index (χ3n) is 4.48. The van der Waals surface area contributed by atoms with Gasteiger partial charge in [-0.25, -0.2) is 0 Å². The lowest BCUT2D eigenvalue weighted by Crippen LogP contribution is -2.35. The van der Waals surface area contributed by atoms with E-state index in [9.17, 15) is 4.79 Å². The number of hydrogen-bond acceptors (Lipinski definition) is 2. The summed E-state index contributed by atoms with van der Waals surface area (Å²) in [5.41, 5.74) is 2.25. The predicted molar refractivity (Wildman–Crippen MR) is 104 cm³/mol. The summed E-state index contributed by atoms with van der Waals surface area (Å²) in [6, 6.07) is 24.8. The average Bonchev–Trinajstić information content (AvgIpc) is 2.62. The minimum absolute atomic E-state index is 0.0538. The maximum Gasteiger partial charge on any atom is 0.224 e. The minimum Gasteiger partial charge on any atom is -0.354 e. The zero-order valence-corrected chi connectivity index (χ0v) is 14.8. The highest BCUT2D eigenvalue weighted by Gasteiger charge is 2.15. The molecule has 0 aliphatic rings. The Morgan fingerprint density at radius 2 is 1.60 bits per heavy atom. The van der Waals surface area contributed by atoms with E-state index in [4.69, 9.17) is 0 Å². The van der Waals surface area contributed by atoms with E-state index in [1.165, 1.54) is 16.3 Å². The second-order valence-electron chi connectivity index (χ2n) is 6.55. The van der Waals surface area contributed by atoms with Gasteiger partial charge < -0.3 is 10.2 Å². The maximum absolute atomic E-state index is 12.4. The number of rotatable bonds is 6. The molecule has 128 valence electrons. The number of fused-ring (bicyclic) bond motifs is 1. The Hall–Kier alpha value is -2.65. The molecule has 0 aliphatic carbocycles. The standard InChI is InChI=1S/C22H24N2O/c1-24(2)21(19-9-4-3-5-10-19)16-23-22(25)15-17-12-13-18-8-6-7-11-20(18)14-17/h3-14,21H,15-16H2,1-2H3,(H,23,25). The summed E-state index contributed by atoms with van der Waals surface area (Å²) in [5, 5.41) is 5.45. The van der Waals surface area contributed by atoms with Gasteiger partial charge >= 0.3 is 0 Å². The number of benzene rings is 3. The van der Waals surface area contributed by atoms with Gasteiger partial charge in [-0.1, -0.05) is 72.8 Å². The van der Waals surface area contributed by atoms with Crippen LogP contribution in [0.1, 0.15) is 17.2 Å². The molecule has 0 fully saturated rings. The summed E-state index contributed by atoms with van der Waals surface area (Å²) in [7, 11) is 4.07. The quantitative estimate of drug-likeness (QED) is 0.744. The first-order valence-corrected chi connectivity index (χ1v) is 8.59. The first-order valence-electron chi connectivity index (χ1n) is 8.59. The molecule has 25 heavy (non-hydrogen) atoms. The van der Waals surface area contributed by atoms with Gasteiger partial charge in [-0.15, -0.1) is 0 Å². The van der Waals surface area contributed by atoms with Crippen LogP contribution in [-0.2, 0) is 11.2 Å². The maximum atomic E-state index is 12.4. The van der Waals surface area contributed by atoms with Crippen molar-refractivity contribution in [1.82, 2.24) is 10.2 Å². The number of amides is 1. The highest BCUT2D eigenvalue weighted by Crippen LogP contribution is 2.18. The van der Waals surface area contributed by atoms with Crippen molar-refractivity contribution in [2.75, 3.05) is 20.6 Å². The van der Waals surface area contributed by atoms with Crippen molar-refractivity contribution in [3.05, 3.63) is 83.9 Å². The van der Waals surface area contributed by atoms with E-state index in [0.29, 0.717) is 13.0 Å². The number of nitrogens with zero attached hydrogens (tertiary/aromatic N) is 1. The minimum atomic E-state index is 0.0538. The zero-order chi connectivity index (χ0) is 17.6. The largest absolute Gasteiger partial charge is 0.354 e. The number of carbonyl (C=O) groups is 1. The van der Waals surface area contributed by atoms with Gasteiger partial charge in [0.1, 0.15) is 0 Å². The molecule has 0 aliphatic heterocycles. The molecule has 1 unspecified atom stereocenters. The smallest absolute Gasteiger partial charge is 0.224 e. The molecule has 3 heteroatoms. The number of carbonyl (C=O) groups excluding carboxylic acids is 1. The van der Waals surface area contributed by atoms with Crippen molar-refractivity contribution in [2.45, 2.75) is 12.5 Å². The third-order valence-corrected chi connectivity index (χ3v) is 4.48. The van der Waals surface area contributed by atoms with Crippen LogP contribution >= 0.6 is 0 Å². The van der Waals surface area contributed by atoms with Crippen LogP contribution in [0.3, 0.4) is 0 Å². The van der Waals surface area contributed by atoms with Crippen LogP contribution in [0.15, 0.2) is 72.8 Å². The van der Waals surface area contributed by atoms with Crippen LogP contribution in [0.2, 0.25) is 0 Å². The van der Waals surface area contributed by atoms with E-state index in [0.717, 1.165) is 5.56 Å². The highest BCUT2D eigenvalue weighted by atomic mass is 16.1. The zero-order valence-electron chi connectivity index (χ0n) is 14.8. The molecule has 3 rings (SSSR count). The molecule has 3 aromatic carbocycles. The summed E-state index contributed by atoms with van der Waals surface area (Å²) < 4.78 is 0. The summed E-state index contributed by atoms with van der Waals surface area (Å²) in [6.07, 6.45) is 0.403. The molecule has 1 N–H and O–H groups in total. The van der Waals surface area contributed by atoms with Gasteiger partial charge in [0, 0.05) is 6.54 Å². The summed E-state index contributed by atoms with van der Waals surface area (Å²) in [4.78, 5) is 14.5. The van der Waals surface area contributed by atoms with Gasteiger partial charge in [0.15, 0.2) is 0 Å². The van der Waals surface area contributed by atoms with E-state index in [1.807, 2.05) is 50.5 Å². The van der Waals surface area contributed by atoms with E-state index in [2.05, 4.69) is 46.6 Å². The highest BCUT2D eigenvalue weighted by molar-refractivity contribution is 5.85. The lowest BCUT2D eigenvalue weighted by atomic mass is 10.0. The van der Waals surface area contributed by atoms with Crippen LogP contribution in [0.5, 0.6) is 0 Å². The Bertz CT molecular complexity index is 843. The van der Waals surface area contributed by atoms with E-state index < -0.39 is 0 Å². The van der Waals surface area contributed by atoms with Crippen LogP contribution < -0.4 is 5.32 Å². The molecule has 0 aromatic heterocycles. The van der Waals surface area contributed by atoms with E-state index in [-0.39, 0.29) is 11.9 Å². The number of hydrogen-bond donors (Lipinski definition) is 1. The van der Waals surface area contributed by atoms with Crippen molar-refractivity contribution >= 4 is 16.7 Å². The van der Waals surface area contributed by atoms with Gasteiger partial charge in [0.2, 0.25) is 5.91 Å². The molecule has 0 radical (unpaired) electrons. The first kappa shape index (κ1) is 17.2. The lowest BCUT2D eigenvalue weighted by molar-refractivity contribution is -0.120. The van der Waals surface area contributed by atoms with Crippen LogP contribution in [0.25, 0.3) is 10.8 Å². The van der Waals surface area contributed by atoms with E-state index >= 15 is 0 Å². The van der Waals surface area contributed by atoms with Crippen LogP contribution in [0, 0.1) is 0 Å². The van der Waals surface area contributed by atoms with Crippen molar-refractivity contribution in [1.29, 1.82) is 0 Å². The second-order valence-corrected chi connectivity index (χ2v) is 6.55. The molecule has 1 amide bonds. The van der Waals surface area contributed by atoms with Crippen molar-refractivity contribution in [3.63, 3.8) is 0 Å². The molecule has 0 saturated heterocycles. The molecular formula is C22H24N2O. The molecule has 1 atom stereocenters. The topological polar surface area (TPSA) is 32.3 Å². The average molecular weight is 332 g/mol. The molecule has 0 bridgehead atoms. The Morgan fingerprint density at radius 3 is 2.32 bits per heavy atom. The molecule has 0 heterocycles. The first-order chi connectivity index (χ1) is 12.1. The normalized spacial score (nSPS) is 12.3. The fraction of sp³-hybridized carbons (Fsp3) is 0.227. The monoisotopic (exact) mass is 332 g/mol. The fourth-order valence-electron chi connectivity index (χ4n) is 3.08. The van der Waals surface area contributed by atoms with Crippen LogP contribution in [0.4, 0.5) is 0 Å². The number of nitrogens with one attached hydrogen (secondary N) is 1. The van der Waals surface area contributed by atoms with Crippen molar-refractivity contribution in [3.8, 4) is 0 Å². The molecule has 0 saturated carbocycles. The third kappa shape index (κ3) is 4.46. The molecule has 0 spiro atoms. The lowest BCUT2D eigenvalue weighted by Gasteiger charge is -2.25. The Balaban J connectivity index is 1.63. The second kappa shape index (κ2) is 7.95. The Labute approximate surface area is 149 Å². The van der Waals surface area contributed by atoms with Gasteiger partial charge in [-0.05, 0) is 36.0 Å². The van der Waals surface area contributed by atoms with Crippen molar-refractivity contribution < 1.29 is 4.79 Å². The SMILES string of the molecule is CN(C)C(CNC(=O)Cc1ccc2ccccc2c1)c1ccccc1. The van der Waals surface area contributed by atoms with E-state index in [1.54, 1.807) is 0 Å². The summed E-state index contributed by atoms with van der Waals surface area (Å²) >= 11 is 0. The molecular weight excluding hydrogens is 308 g/mol. The predicted octanol–water partition coefficient (Wildman–Crippen LogP) is 3.80. The fourth-order valence-corrected chi connectivity index (χ4v) is 3.08. The number of likely N-dealkylation sites (N-methyl/N-ethyl adjacent to an activating group) is 1. The summed E-state index contributed by atoms with van der Waals surface area (Å²) in [5.74, 6) is 0.0538. The molecule has 3 nitrogen and oxygen atoms in total. The van der Waals surface area contributed by atoms with Gasteiger partial charge in [-0.2, -0.15) is 0 Å². The Morgan fingerprint density at radius 1 is 0.920 bits per heavy atom. The Kier molecular flexibility index (Phi) is 5.46. The molecule has 3 aromatic rings. The van der Waals surface area contributed by atoms with Crippen molar-refractivity contribution in [2.24, 2.45) is 0 Å². The summed E-state index contributed by atoms with van der Waals surface area (Å²) in [6.45, 7) is 0.601. The van der Waals surface area contributed by atoms with Gasteiger partial charge in [-0.3, -0.25) is 4.79 Å². The van der Waals surface area contributed by atoms with Crippen LogP contribution in [-0.4, -0.2) is 31.4 Å².